The first-order valence-electron chi connectivity index (χ1n) is 18.8. The zero-order valence-electron chi connectivity index (χ0n) is 30.7. The number of fused-ring (bicyclic) bond motifs is 3. The maximum Gasteiger partial charge on any atom is 0.164 e. The van der Waals surface area contributed by atoms with Crippen molar-refractivity contribution >= 4 is 21.9 Å². The summed E-state index contributed by atoms with van der Waals surface area (Å²) < 4.78 is 6.61. The average molecular weight is 718 g/mol. The number of furan rings is 1. The van der Waals surface area contributed by atoms with Crippen molar-refractivity contribution in [3.63, 3.8) is 0 Å². The molecule has 0 aliphatic heterocycles. The van der Waals surface area contributed by atoms with Gasteiger partial charge in [-0.2, -0.15) is 0 Å². The third-order valence-corrected chi connectivity index (χ3v) is 10.4. The Balaban J connectivity index is 1.11. The van der Waals surface area contributed by atoms with Gasteiger partial charge in [-0.3, -0.25) is 0 Å². The summed E-state index contributed by atoms with van der Waals surface area (Å²) in [7, 11) is 0. The van der Waals surface area contributed by atoms with Gasteiger partial charge in [-0.15, -0.1) is 0 Å². The number of aromatic nitrogens is 3. The number of aryl methyl sites for hydroxylation is 1. The lowest BCUT2D eigenvalue weighted by atomic mass is 9.92. The smallest absolute Gasteiger partial charge is 0.164 e. The summed E-state index contributed by atoms with van der Waals surface area (Å²) >= 11 is 0. The van der Waals surface area contributed by atoms with E-state index in [9.17, 15) is 0 Å². The van der Waals surface area contributed by atoms with Crippen molar-refractivity contribution in [2.24, 2.45) is 0 Å². The first kappa shape index (κ1) is 33.2. The van der Waals surface area contributed by atoms with Crippen LogP contribution < -0.4 is 0 Å². The highest BCUT2D eigenvalue weighted by molar-refractivity contribution is 6.14. The molecular weight excluding hydrogens is 683 g/mol. The van der Waals surface area contributed by atoms with Crippen LogP contribution in [0, 0.1) is 6.92 Å². The van der Waals surface area contributed by atoms with Crippen LogP contribution in [0.3, 0.4) is 0 Å². The second-order valence-electron chi connectivity index (χ2n) is 14.1. The number of hydrogen-bond acceptors (Lipinski definition) is 4. The van der Waals surface area contributed by atoms with Crippen molar-refractivity contribution in [1.29, 1.82) is 0 Å². The van der Waals surface area contributed by atoms with Gasteiger partial charge in [0.15, 0.2) is 17.5 Å². The van der Waals surface area contributed by atoms with E-state index in [4.69, 9.17) is 19.4 Å². The molecule has 0 spiro atoms. The highest BCUT2D eigenvalue weighted by Gasteiger charge is 2.18. The van der Waals surface area contributed by atoms with Gasteiger partial charge in [0.2, 0.25) is 0 Å². The Hall–Kier alpha value is -7.43. The SMILES string of the molecule is Cc1cccc(-c2cccc(-c3nc(-c4ccc(-c5ccccc5)cc4)nc(-c4ccc5c(c4)oc4cccc(-c6ccccc6-c6ccccc6)c45)n3)c2)c1. The highest BCUT2D eigenvalue weighted by atomic mass is 16.3. The molecule has 10 rings (SSSR count). The zero-order valence-corrected chi connectivity index (χ0v) is 30.7. The minimum Gasteiger partial charge on any atom is -0.456 e. The standard InChI is InChI=1S/C52H35N3O/c1-34-13-10-18-39(31-34)40-19-11-20-41(32-40)51-53-50(38-27-25-36(26-28-38)35-14-4-2-5-15-35)54-52(55-51)42-29-30-46-48(33-42)56-47-24-12-23-45(49(46)47)44-22-9-8-21-43(44)37-16-6-3-7-17-37/h2-33H,1H3. The lowest BCUT2D eigenvalue weighted by Crippen LogP contribution is -2.00. The van der Waals surface area contributed by atoms with E-state index in [0.29, 0.717) is 17.5 Å². The molecular formula is C52H35N3O. The third kappa shape index (κ3) is 6.23. The van der Waals surface area contributed by atoms with Crippen LogP contribution in [0.4, 0.5) is 0 Å². The quantitative estimate of drug-likeness (QED) is 0.165. The Labute approximate surface area is 325 Å². The van der Waals surface area contributed by atoms with E-state index in [1.165, 1.54) is 16.7 Å². The molecule has 2 aromatic heterocycles. The maximum absolute atomic E-state index is 6.61. The van der Waals surface area contributed by atoms with Crippen LogP contribution in [0.5, 0.6) is 0 Å². The lowest BCUT2D eigenvalue weighted by Gasteiger charge is -2.11. The molecule has 0 radical (unpaired) electrons. The Morgan fingerprint density at radius 1 is 0.321 bits per heavy atom. The predicted molar refractivity (Wildman–Crippen MR) is 230 cm³/mol. The molecule has 0 N–H and O–H groups in total. The zero-order chi connectivity index (χ0) is 37.4. The summed E-state index contributed by atoms with van der Waals surface area (Å²) in [5.74, 6) is 1.79. The monoisotopic (exact) mass is 717 g/mol. The summed E-state index contributed by atoms with van der Waals surface area (Å²) in [6.07, 6.45) is 0. The molecule has 0 saturated carbocycles. The van der Waals surface area contributed by atoms with Crippen molar-refractivity contribution in [3.8, 4) is 78.7 Å². The Kier molecular flexibility index (Phi) is 8.34. The predicted octanol–water partition coefficient (Wildman–Crippen LogP) is 13.7. The molecule has 0 atom stereocenters. The van der Waals surface area contributed by atoms with E-state index >= 15 is 0 Å². The van der Waals surface area contributed by atoms with E-state index in [1.54, 1.807) is 0 Å². The normalized spacial score (nSPS) is 11.3. The van der Waals surface area contributed by atoms with Gasteiger partial charge >= 0.3 is 0 Å². The Bertz CT molecular complexity index is 3020. The van der Waals surface area contributed by atoms with Crippen LogP contribution in [-0.4, -0.2) is 15.0 Å². The van der Waals surface area contributed by atoms with Gasteiger partial charge in [0.25, 0.3) is 0 Å². The van der Waals surface area contributed by atoms with Gasteiger partial charge < -0.3 is 4.42 Å². The van der Waals surface area contributed by atoms with Crippen LogP contribution in [0.2, 0.25) is 0 Å². The molecule has 0 aliphatic carbocycles. The van der Waals surface area contributed by atoms with Gasteiger partial charge in [-0.05, 0) is 75.7 Å². The fourth-order valence-electron chi connectivity index (χ4n) is 7.64. The van der Waals surface area contributed by atoms with E-state index in [2.05, 4.69) is 189 Å². The average Bonchev–Trinajstić information content (AvgIpc) is 3.65. The summed E-state index contributed by atoms with van der Waals surface area (Å²) in [6, 6.07) is 67.5. The van der Waals surface area contributed by atoms with Gasteiger partial charge in [0, 0.05) is 27.5 Å². The fraction of sp³-hybridized carbons (Fsp3) is 0.0192. The molecule has 4 nitrogen and oxygen atoms in total. The van der Waals surface area contributed by atoms with E-state index in [-0.39, 0.29) is 0 Å². The molecule has 264 valence electrons. The van der Waals surface area contributed by atoms with Crippen molar-refractivity contribution in [1.82, 2.24) is 15.0 Å². The first-order chi connectivity index (χ1) is 27.6. The topological polar surface area (TPSA) is 51.8 Å². The summed E-state index contributed by atoms with van der Waals surface area (Å²) in [5.41, 5.74) is 14.7. The number of benzene rings is 8. The Morgan fingerprint density at radius 2 is 0.821 bits per heavy atom. The van der Waals surface area contributed by atoms with Crippen LogP contribution in [0.15, 0.2) is 199 Å². The van der Waals surface area contributed by atoms with Crippen LogP contribution in [0.1, 0.15) is 5.56 Å². The van der Waals surface area contributed by atoms with E-state index in [1.807, 2.05) is 12.1 Å². The summed E-state index contributed by atoms with van der Waals surface area (Å²) in [5, 5.41) is 2.12. The minimum absolute atomic E-state index is 0.579. The van der Waals surface area contributed by atoms with Gasteiger partial charge in [-0.25, -0.2) is 15.0 Å². The van der Waals surface area contributed by atoms with Crippen molar-refractivity contribution in [3.05, 3.63) is 200 Å². The van der Waals surface area contributed by atoms with Crippen molar-refractivity contribution in [2.45, 2.75) is 6.92 Å². The molecule has 10 aromatic rings. The number of rotatable bonds is 7. The van der Waals surface area contributed by atoms with Gasteiger partial charge in [-0.1, -0.05) is 175 Å². The van der Waals surface area contributed by atoms with Crippen LogP contribution in [0.25, 0.3) is 101 Å². The summed E-state index contributed by atoms with van der Waals surface area (Å²) in [4.78, 5) is 15.3. The molecule has 2 heterocycles. The molecule has 0 unspecified atom stereocenters. The van der Waals surface area contributed by atoms with Crippen LogP contribution in [-0.2, 0) is 0 Å². The molecule has 4 heteroatoms. The molecule has 0 saturated heterocycles. The van der Waals surface area contributed by atoms with Gasteiger partial charge in [0.1, 0.15) is 11.2 Å². The second-order valence-corrected chi connectivity index (χ2v) is 14.1. The van der Waals surface area contributed by atoms with Crippen LogP contribution >= 0.6 is 0 Å². The molecule has 0 aliphatic rings. The fourth-order valence-corrected chi connectivity index (χ4v) is 7.64. The van der Waals surface area contributed by atoms with Crippen molar-refractivity contribution in [2.75, 3.05) is 0 Å². The second kappa shape index (κ2) is 14.1. The summed E-state index contributed by atoms with van der Waals surface area (Å²) in [6.45, 7) is 2.12. The molecule has 0 bridgehead atoms. The highest BCUT2D eigenvalue weighted by Crippen LogP contribution is 2.41. The number of hydrogen-bond donors (Lipinski definition) is 0. The third-order valence-electron chi connectivity index (χ3n) is 10.4. The molecule has 8 aromatic carbocycles. The molecule has 0 fully saturated rings. The van der Waals surface area contributed by atoms with E-state index in [0.717, 1.165) is 72.0 Å². The minimum atomic E-state index is 0.579. The molecule has 0 amide bonds. The maximum atomic E-state index is 6.61. The molecule has 56 heavy (non-hydrogen) atoms. The van der Waals surface area contributed by atoms with E-state index < -0.39 is 0 Å². The van der Waals surface area contributed by atoms with Crippen molar-refractivity contribution < 1.29 is 4.42 Å². The largest absolute Gasteiger partial charge is 0.456 e. The lowest BCUT2D eigenvalue weighted by molar-refractivity contribution is 0.669. The Morgan fingerprint density at radius 3 is 1.55 bits per heavy atom. The van der Waals surface area contributed by atoms with Gasteiger partial charge in [0.05, 0.1) is 0 Å². The number of nitrogens with zero attached hydrogens (tertiary/aromatic N) is 3. The first-order valence-corrected chi connectivity index (χ1v) is 18.8.